The molecule has 0 spiro atoms. The molecule has 0 unspecified atom stereocenters. The largest absolute Gasteiger partial charge is 0.408 e. The number of aromatic nitrogens is 8. The molecule has 0 amide bonds. The normalized spacial score (nSPS) is 12.1. The number of rotatable bonds is 4. The van der Waals surface area contributed by atoms with Crippen LogP contribution in [-0.4, -0.2) is 45.9 Å². The van der Waals surface area contributed by atoms with Gasteiger partial charge in [0.1, 0.15) is 12.1 Å². The molecule has 5 rings (SSSR count). The van der Waals surface area contributed by atoms with E-state index in [1.165, 1.54) is 12.4 Å². The maximum atomic E-state index is 12.6. The van der Waals surface area contributed by atoms with Crippen molar-refractivity contribution < 1.29 is 13.2 Å². The van der Waals surface area contributed by atoms with Gasteiger partial charge in [0.2, 0.25) is 0 Å². The van der Waals surface area contributed by atoms with Crippen LogP contribution in [0.4, 0.5) is 13.2 Å². The highest BCUT2D eigenvalue weighted by atomic mass is 19.4. The average molecular weight is 410 g/mol. The molecule has 5 aromatic heterocycles. The average Bonchev–Trinajstić information content (AvgIpc) is 3.33. The number of hydrogen-bond acceptors (Lipinski definition) is 6. The van der Waals surface area contributed by atoms with Gasteiger partial charge in [0.25, 0.3) is 0 Å². The minimum atomic E-state index is -4.34. The molecule has 0 aliphatic carbocycles. The van der Waals surface area contributed by atoms with E-state index in [9.17, 15) is 13.2 Å². The summed E-state index contributed by atoms with van der Waals surface area (Å²) < 4.78 is 40.2. The van der Waals surface area contributed by atoms with Gasteiger partial charge in [-0.3, -0.25) is 9.67 Å². The maximum absolute atomic E-state index is 12.6. The first-order valence-electron chi connectivity index (χ1n) is 8.95. The molecule has 30 heavy (non-hydrogen) atoms. The monoisotopic (exact) mass is 410 g/mol. The first-order valence-corrected chi connectivity index (χ1v) is 8.95. The number of pyridine rings is 3. The van der Waals surface area contributed by atoms with Gasteiger partial charge in [-0.15, -0.1) is 5.10 Å². The lowest BCUT2D eigenvalue weighted by molar-refractivity contribution is -0.142. The Morgan fingerprint density at radius 2 is 1.80 bits per heavy atom. The SMILES string of the molecule is FC(F)(F)Cn1cc(-c2ccc3nnn(Cc4ccc5ncccc5n4)c3n2)cn1. The lowest BCUT2D eigenvalue weighted by atomic mass is 10.2. The molecule has 5 aromatic rings. The molecule has 0 saturated heterocycles. The van der Waals surface area contributed by atoms with Crippen LogP contribution in [0.5, 0.6) is 0 Å². The molecule has 150 valence electrons. The summed E-state index contributed by atoms with van der Waals surface area (Å²) in [6.45, 7) is -0.817. The summed E-state index contributed by atoms with van der Waals surface area (Å²) in [6, 6.07) is 10.8. The van der Waals surface area contributed by atoms with Gasteiger partial charge in [0.05, 0.1) is 35.2 Å². The topological polar surface area (TPSA) is 87.2 Å². The molecule has 0 bridgehead atoms. The van der Waals surface area contributed by atoms with Gasteiger partial charge in [-0.25, -0.2) is 14.6 Å². The summed E-state index contributed by atoms with van der Waals surface area (Å²) in [5.74, 6) is 0. The van der Waals surface area contributed by atoms with Crippen LogP contribution in [0.1, 0.15) is 5.69 Å². The molecular weight excluding hydrogens is 397 g/mol. The van der Waals surface area contributed by atoms with Gasteiger partial charge in [0.15, 0.2) is 5.65 Å². The van der Waals surface area contributed by atoms with Gasteiger partial charge in [-0.2, -0.15) is 18.3 Å². The number of hydrogen-bond donors (Lipinski definition) is 0. The van der Waals surface area contributed by atoms with Crippen LogP contribution in [0.2, 0.25) is 0 Å². The fourth-order valence-electron chi connectivity index (χ4n) is 3.13. The van der Waals surface area contributed by atoms with Crippen molar-refractivity contribution in [2.45, 2.75) is 19.3 Å². The van der Waals surface area contributed by atoms with Crippen LogP contribution in [0.15, 0.2) is 55.0 Å². The minimum absolute atomic E-state index is 0.338. The zero-order chi connectivity index (χ0) is 20.7. The molecule has 0 radical (unpaired) electrons. The van der Waals surface area contributed by atoms with Gasteiger partial charge in [-0.05, 0) is 36.4 Å². The zero-order valence-corrected chi connectivity index (χ0v) is 15.3. The summed E-state index contributed by atoms with van der Waals surface area (Å²) in [7, 11) is 0. The van der Waals surface area contributed by atoms with Crippen LogP contribution >= 0.6 is 0 Å². The molecule has 0 aliphatic rings. The molecule has 8 nitrogen and oxygen atoms in total. The third-order valence-electron chi connectivity index (χ3n) is 4.46. The summed E-state index contributed by atoms with van der Waals surface area (Å²) in [4.78, 5) is 13.4. The Balaban J connectivity index is 1.47. The third-order valence-corrected chi connectivity index (χ3v) is 4.46. The van der Waals surface area contributed by atoms with Crippen LogP contribution < -0.4 is 0 Å². The molecule has 0 saturated carbocycles. The highest BCUT2D eigenvalue weighted by Crippen LogP contribution is 2.22. The van der Waals surface area contributed by atoms with Crippen LogP contribution in [-0.2, 0) is 13.1 Å². The quantitative estimate of drug-likeness (QED) is 0.452. The molecule has 0 aliphatic heterocycles. The van der Waals surface area contributed by atoms with E-state index in [2.05, 4.69) is 30.4 Å². The predicted octanol–water partition coefficient (Wildman–Crippen LogP) is 3.24. The number of nitrogens with zero attached hydrogens (tertiary/aromatic N) is 8. The fraction of sp³-hybridized carbons (Fsp3) is 0.158. The van der Waals surface area contributed by atoms with E-state index < -0.39 is 12.7 Å². The second-order valence-electron chi connectivity index (χ2n) is 6.67. The molecule has 0 atom stereocenters. The van der Waals surface area contributed by atoms with Crippen LogP contribution in [0.3, 0.4) is 0 Å². The fourth-order valence-corrected chi connectivity index (χ4v) is 3.13. The number of halogens is 3. The van der Waals surface area contributed by atoms with E-state index >= 15 is 0 Å². The van der Waals surface area contributed by atoms with Crippen molar-refractivity contribution in [3.63, 3.8) is 0 Å². The molecule has 0 aromatic carbocycles. The number of alkyl halides is 3. The third kappa shape index (κ3) is 3.56. The Morgan fingerprint density at radius 3 is 2.67 bits per heavy atom. The first-order chi connectivity index (χ1) is 14.4. The molecule has 5 heterocycles. The van der Waals surface area contributed by atoms with E-state index in [0.717, 1.165) is 21.4 Å². The van der Waals surface area contributed by atoms with Crippen molar-refractivity contribution in [3.8, 4) is 11.3 Å². The Labute approximate surface area is 167 Å². The highest BCUT2D eigenvalue weighted by Gasteiger charge is 2.28. The minimum Gasteiger partial charge on any atom is -0.263 e. The summed E-state index contributed by atoms with van der Waals surface area (Å²) >= 11 is 0. The Kier molecular flexibility index (Phi) is 4.16. The molecular formula is C19H13F3N8. The van der Waals surface area contributed by atoms with Gasteiger partial charge < -0.3 is 0 Å². The smallest absolute Gasteiger partial charge is 0.263 e. The highest BCUT2D eigenvalue weighted by molar-refractivity contribution is 5.75. The second-order valence-corrected chi connectivity index (χ2v) is 6.67. The zero-order valence-electron chi connectivity index (χ0n) is 15.3. The predicted molar refractivity (Wildman–Crippen MR) is 101 cm³/mol. The first kappa shape index (κ1) is 18.2. The summed E-state index contributed by atoms with van der Waals surface area (Å²) in [5.41, 5.74) is 4.35. The second kappa shape index (κ2) is 6.87. The summed E-state index contributed by atoms with van der Waals surface area (Å²) in [6.07, 6.45) is 0.0299. The Bertz CT molecular complexity index is 1350. The Hall–Kier alpha value is -3.89. The van der Waals surface area contributed by atoms with Crippen molar-refractivity contribution in [1.29, 1.82) is 0 Å². The van der Waals surface area contributed by atoms with Crippen molar-refractivity contribution in [3.05, 3.63) is 60.7 Å². The van der Waals surface area contributed by atoms with Crippen LogP contribution in [0, 0.1) is 0 Å². The summed E-state index contributed by atoms with van der Waals surface area (Å²) in [5, 5.41) is 12.0. The molecule has 0 fully saturated rings. The van der Waals surface area contributed by atoms with Crippen molar-refractivity contribution in [2.24, 2.45) is 0 Å². The van der Waals surface area contributed by atoms with E-state index in [4.69, 9.17) is 0 Å². The van der Waals surface area contributed by atoms with E-state index in [1.54, 1.807) is 23.0 Å². The van der Waals surface area contributed by atoms with Crippen molar-refractivity contribution >= 4 is 22.2 Å². The van der Waals surface area contributed by atoms with E-state index in [-0.39, 0.29) is 0 Å². The Morgan fingerprint density at radius 1 is 0.933 bits per heavy atom. The lowest BCUT2D eigenvalue weighted by Gasteiger charge is -2.05. The maximum Gasteiger partial charge on any atom is 0.408 e. The number of fused-ring (bicyclic) bond motifs is 2. The molecule has 0 N–H and O–H groups in total. The van der Waals surface area contributed by atoms with Crippen molar-refractivity contribution in [2.75, 3.05) is 0 Å². The van der Waals surface area contributed by atoms with Crippen molar-refractivity contribution in [1.82, 2.24) is 39.7 Å². The molecule has 11 heteroatoms. The van der Waals surface area contributed by atoms with Gasteiger partial charge >= 0.3 is 6.18 Å². The standard InChI is InChI=1S/C19H13F3N8/c20-19(21,22)11-29-9-12(8-24-29)14-5-6-17-18(26-14)30(28-27-17)10-13-3-4-15-16(25-13)2-1-7-23-15/h1-9H,10-11H2. The van der Waals surface area contributed by atoms with E-state index in [0.29, 0.717) is 29.0 Å². The van der Waals surface area contributed by atoms with Gasteiger partial charge in [-0.1, -0.05) is 5.21 Å². The lowest BCUT2D eigenvalue weighted by Crippen LogP contribution is -2.17. The van der Waals surface area contributed by atoms with E-state index in [1.807, 2.05) is 24.3 Å². The van der Waals surface area contributed by atoms with Crippen LogP contribution in [0.25, 0.3) is 33.5 Å². The van der Waals surface area contributed by atoms with Gasteiger partial charge in [0, 0.05) is 18.0 Å².